The van der Waals surface area contributed by atoms with Crippen LogP contribution in [0, 0.1) is 5.82 Å². The lowest BCUT2D eigenvalue weighted by Crippen LogP contribution is -2.00. The highest BCUT2D eigenvalue weighted by atomic mass is 19.1. The predicted octanol–water partition coefficient (Wildman–Crippen LogP) is 3.12. The highest BCUT2D eigenvalue weighted by Gasteiger charge is 2.26. The van der Waals surface area contributed by atoms with Crippen LogP contribution < -0.4 is 0 Å². The van der Waals surface area contributed by atoms with Gasteiger partial charge in [-0.3, -0.25) is 0 Å². The molecule has 0 bridgehead atoms. The number of H-pyrrole nitrogens is 1. The molecule has 1 atom stereocenters. The average Bonchev–Trinajstić information content (AvgIpc) is 2.91. The molecule has 1 aliphatic rings. The minimum Gasteiger partial charge on any atom is -0.477 e. The van der Waals surface area contributed by atoms with Crippen LogP contribution in [0.3, 0.4) is 0 Å². The molecular weight excluding hydrogens is 245 g/mol. The molecule has 98 valence electrons. The van der Waals surface area contributed by atoms with E-state index in [9.17, 15) is 9.18 Å². The Morgan fingerprint density at radius 2 is 2.26 bits per heavy atom. The maximum absolute atomic E-state index is 13.2. The van der Waals surface area contributed by atoms with Gasteiger partial charge < -0.3 is 10.1 Å². The van der Waals surface area contributed by atoms with Crippen molar-refractivity contribution in [2.75, 3.05) is 0 Å². The quantitative estimate of drug-likeness (QED) is 0.889. The van der Waals surface area contributed by atoms with E-state index in [4.69, 9.17) is 5.11 Å². The number of aryl methyl sites for hydroxylation is 1. The van der Waals surface area contributed by atoms with Crippen LogP contribution in [0.4, 0.5) is 4.39 Å². The van der Waals surface area contributed by atoms with Crippen molar-refractivity contribution in [2.24, 2.45) is 0 Å². The summed E-state index contributed by atoms with van der Waals surface area (Å²) < 4.78 is 13.2. The van der Waals surface area contributed by atoms with Crippen molar-refractivity contribution >= 4 is 5.97 Å². The maximum Gasteiger partial charge on any atom is 0.352 e. The number of nitrogens with one attached hydrogen (secondary N) is 1. The Morgan fingerprint density at radius 3 is 3.00 bits per heavy atom. The normalized spacial score (nSPS) is 17.4. The number of hydrogen-bond acceptors (Lipinski definition) is 1. The van der Waals surface area contributed by atoms with Crippen molar-refractivity contribution in [1.82, 2.24) is 4.98 Å². The average molecular weight is 259 g/mol. The summed E-state index contributed by atoms with van der Waals surface area (Å²) in [5.74, 6) is -0.879. The second kappa shape index (κ2) is 4.53. The van der Waals surface area contributed by atoms with Crippen LogP contribution in [0.2, 0.25) is 0 Å². The first-order chi connectivity index (χ1) is 9.13. The van der Waals surface area contributed by atoms with Crippen LogP contribution in [-0.4, -0.2) is 16.1 Å². The summed E-state index contributed by atoms with van der Waals surface area (Å²) in [5.41, 5.74) is 3.28. The van der Waals surface area contributed by atoms with Gasteiger partial charge in [0.05, 0.1) is 0 Å². The third-order valence-electron chi connectivity index (χ3n) is 3.72. The smallest absolute Gasteiger partial charge is 0.352 e. The zero-order valence-electron chi connectivity index (χ0n) is 10.3. The van der Waals surface area contributed by atoms with Crippen molar-refractivity contribution in [2.45, 2.75) is 25.2 Å². The second-order valence-electron chi connectivity index (χ2n) is 4.99. The molecule has 1 aromatic carbocycles. The molecule has 0 saturated carbocycles. The number of carbonyl (C=O) groups is 1. The zero-order chi connectivity index (χ0) is 13.4. The Balaban J connectivity index is 1.84. The standard InChI is InChI=1S/C15H14FNO2/c16-11-3-1-2-9(7-11)6-10-4-5-13-12(10)8-14(17-13)15(18)19/h1-3,7-8,10,17H,4-6H2,(H,18,19). The van der Waals surface area contributed by atoms with Gasteiger partial charge in [-0.05, 0) is 54.5 Å². The van der Waals surface area contributed by atoms with Crippen molar-refractivity contribution in [3.05, 3.63) is 58.7 Å². The lowest BCUT2D eigenvalue weighted by atomic mass is 9.94. The van der Waals surface area contributed by atoms with E-state index in [0.717, 1.165) is 36.1 Å². The number of carboxylic acids is 1. The van der Waals surface area contributed by atoms with Crippen LogP contribution in [-0.2, 0) is 12.8 Å². The summed E-state index contributed by atoms with van der Waals surface area (Å²) in [6.45, 7) is 0. The Morgan fingerprint density at radius 1 is 1.42 bits per heavy atom. The largest absolute Gasteiger partial charge is 0.477 e. The minimum absolute atomic E-state index is 0.226. The number of aromatic nitrogens is 1. The van der Waals surface area contributed by atoms with Gasteiger partial charge >= 0.3 is 5.97 Å². The van der Waals surface area contributed by atoms with Gasteiger partial charge in [-0.1, -0.05) is 12.1 Å². The number of aromatic amines is 1. The summed E-state index contributed by atoms with van der Waals surface area (Å²) in [4.78, 5) is 13.9. The molecule has 1 unspecified atom stereocenters. The number of rotatable bonds is 3. The van der Waals surface area contributed by atoms with Gasteiger partial charge in [0.25, 0.3) is 0 Å². The Hall–Kier alpha value is -2.10. The Bertz CT molecular complexity index is 633. The molecular formula is C15H14FNO2. The third-order valence-corrected chi connectivity index (χ3v) is 3.72. The van der Waals surface area contributed by atoms with Gasteiger partial charge in [-0.2, -0.15) is 0 Å². The molecule has 0 spiro atoms. The number of halogens is 1. The van der Waals surface area contributed by atoms with Crippen LogP contribution >= 0.6 is 0 Å². The van der Waals surface area contributed by atoms with E-state index in [1.807, 2.05) is 6.07 Å². The molecule has 0 aliphatic heterocycles. The molecule has 3 nitrogen and oxygen atoms in total. The highest BCUT2D eigenvalue weighted by molar-refractivity contribution is 5.86. The molecule has 1 aromatic heterocycles. The molecule has 2 N–H and O–H groups in total. The fraction of sp³-hybridized carbons (Fsp3) is 0.267. The van der Waals surface area contributed by atoms with E-state index in [2.05, 4.69) is 4.98 Å². The zero-order valence-corrected chi connectivity index (χ0v) is 10.3. The second-order valence-corrected chi connectivity index (χ2v) is 4.99. The van der Waals surface area contributed by atoms with Crippen LogP contribution in [0.1, 0.15) is 39.6 Å². The van der Waals surface area contributed by atoms with E-state index in [-0.39, 0.29) is 17.4 Å². The predicted molar refractivity (Wildman–Crippen MR) is 68.9 cm³/mol. The minimum atomic E-state index is -0.932. The summed E-state index contributed by atoms with van der Waals surface area (Å²) in [5, 5.41) is 8.97. The molecule has 1 aliphatic carbocycles. The Kier molecular flexibility index (Phi) is 2.85. The summed E-state index contributed by atoms with van der Waals surface area (Å²) in [6, 6.07) is 8.31. The maximum atomic E-state index is 13.2. The summed E-state index contributed by atoms with van der Waals surface area (Å²) in [7, 11) is 0. The fourth-order valence-corrected chi connectivity index (χ4v) is 2.83. The van der Waals surface area contributed by atoms with Gasteiger partial charge in [-0.15, -0.1) is 0 Å². The van der Waals surface area contributed by atoms with Gasteiger partial charge in [0.15, 0.2) is 0 Å². The molecule has 19 heavy (non-hydrogen) atoms. The topological polar surface area (TPSA) is 53.1 Å². The van der Waals surface area contributed by atoms with E-state index in [1.54, 1.807) is 18.2 Å². The number of aromatic carboxylic acids is 1. The molecule has 4 heteroatoms. The molecule has 2 aromatic rings. The van der Waals surface area contributed by atoms with E-state index in [0.29, 0.717) is 0 Å². The van der Waals surface area contributed by atoms with Crippen LogP contribution in [0.25, 0.3) is 0 Å². The molecule has 3 rings (SSSR count). The van der Waals surface area contributed by atoms with Crippen molar-refractivity contribution in [3.63, 3.8) is 0 Å². The molecule has 0 saturated heterocycles. The van der Waals surface area contributed by atoms with E-state index < -0.39 is 5.97 Å². The number of hydrogen-bond donors (Lipinski definition) is 2. The first-order valence-corrected chi connectivity index (χ1v) is 6.33. The molecule has 1 heterocycles. The number of carboxylic acid groups (broad SMARTS) is 1. The van der Waals surface area contributed by atoms with Crippen molar-refractivity contribution in [3.8, 4) is 0 Å². The first kappa shape index (κ1) is 12.0. The Labute approximate surface area is 110 Å². The van der Waals surface area contributed by atoms with E-state index >= 15 is 0 Å². The summed E-state index contributed by atoms with van der Waals surface area (Å²) >= 11 is 0. The molecule has 0 fully saturated rings. The third kappa shape index (κ3) is 2.26. The lowest BCUT2D eigenvalue weighted by Gasteiger charge is -2.10. The van der Waals surface area contributed by atoms with Crippen LogP contribution in [0.15, 0.2) is 30.3 Å². The highest BCUT2D eigenvalue weighted by Crippen LogP contribution is 2.36. The molecule has 0 radical (unpaired) electrons. The van der Waals surface area contributed by atoms with Gasteiger partial charge in [-0.25, -0.2) is 9.18 Å². The lowest BCUT2D eigenvalue weighted by molar-refractivity contribution is 0.0691. The summed E-state index contributed by atoms with van der Waals surface area (Å²) in [6.07, 6.45) is 2.60. The van der Waals surface area contributed by atoms with Crippen molar-refractivity contribution < 1.29 is 14.3 Å². The van der Waals surface area contributed by atoms with Crippen molar-refractivity contribution in [1.29, 1.82) is 0 Å². The van der Waals surface area contributed by atoms with Gasteiger partial charge in [0.1, 0.15) is 11.5 Å². The van der Waals surface area contributed by atoms with Gasteiger partial charge in [0, 0.05) is 5.69 Å². The number of fused-ring (bicyclic) bond motifs is 1. The molecule has 0 amide bonds. The first-order valence-electron chi connectivity index (χ1n) is 6.33. The monoisotopic (exact) mass is 259 g/mol. The number of benzene rings is 1. The SMILES string of the molecule is O=C(O)c1cc2c([nH]1)CCC2Cc1cccc(F)c1. The van der Waals surface area contributed by atoms with Gasteiger partial charge in [0.2, 0.25) is 0 Å². The van der Waals surface area contributed by atoms with E-state index in [1.165, 1.54) is 6.07 Å². The van der Waals surface area contributed by atoms with Crippen LogP contribution in [0.5, 0.6) is 0 Å². The fourth-order valence-electron chi connectivity index (χ4n) is 2.83.